The number of carbonyl (C=O) groups is 2. The maximum absolute atomic E-state index is 13.0. The molecular formula is C11H10F3NO3. The van der Waals surface area contributed by atoms with Crippen molar-refractivity contribution in [2.45, 2.75) is 13.0 Å². The standard InChI is InChI=1S/C11H10F3NO3/c1-2-15(5-16)10(11(17)18)6-3-7(12)9(14)8(13)4-6/h3-5,10H,2H2,1H3,(H,17,18). The molecule has 98 valence electrons. The first-order valence-corrected chi connectivity index (χ1v) is 5.00. The monoisotopic (exact) mass is 261 g/mol. The molecule has 1 unspecified atom stereocenters. The number of likely N-dealkylation sites (N-methyl/N-ethyl adjacent to an activating group) is 1. The van der Waals surface area contributed by atoms with Gasteiger partial charge >= 0.3 is 5.97 Å². The molecule has 0 aliphatic rings. The molecule has 7 heteroatoms. The van der Waals surface area contributed by atoms with Crippen LogP contribution >= 0.6 is 0 Å². The Balaban J connectivity index is 3.30. The maximum atomic E-state index is 13.0. The second-order valence-corrected chi connectivity index (χ2v) is 3.48. The van der Waals surface area contributed by atoms with Crippen LogP contribution in [0.5, 0.6) is 0 Å². The van der Waals surface area contributed by atoms with E-state index in [9.17, 15) is 22.8 Å². The highest BCUT2D eigenvalue weighted by molar-refractivity contribution is 5.78. The number of carboxylic acids is 1. The number of hydrogen-bond acceptors (Lipinski definition) is 2. The van der Waals surface area contributed by atoms with E-state index in [-0.39, 0.29) is 18.5 Å². The number of halogens is 3. The van der Waals surface area contributed by atoms with Gasteiger partial charge in [-0.3, -0.25) is 4.79 Å². The van der Waals surface area contributed by atoms with Crippen LogP contribution in [-0.4, -0.2) is 28.9 Å². The normalized spacial score (nSPS) is 12.0. The zero-order chi connectivity index (χ0) is 13.9. The number of hydrogen-bond donors (Lipinski definition) is 1. The fraction of sp³-hybridized carbons (Fsp3) is 0.273. The van der Waals surface area contributed by atoms with E-state index in [1.807, 2.05) is 0 Å². The van der Waals surface area contributed by atoms with Crippen molar-refractivity contribution < 1.29 is 27.9 Å². The highest BCUT2D eigenvalue weighted by Gasteiger charge is 2.27. The van der Waals surface area contributed by atoms with Crippen LogP contribution in [0, 0.1) is 17.5 Å². The van der Waals surface area contributed by atoms with Gasteiger partial charge in [-0.15, -0.1) is 0 Å². The average Bonchev–Trinajstić information content (AvgIpc) is 2.31. The second kappa shape index (κ2) is 5.52. The quantitative estimate of drug-likeness (QED) is 0.648. The SMILES string of the molecule is CCN(C=O)C(C(=O)O)c1cc(F)c(F)c(F)c1. The molecule has 1 aromatic rings. The molecular weight excluding hydrogens is 251 g/mol. The number of benzene rings is 1. The largest absolute Gasteiger partial charge is 0.479 e. The highest BCUT2D eigenvalue weighted by atomic mass is 19.2. The first-order chi connectivity index (χ1) is 8.42. The summed E-state index contributed by atoms with van der Waals surface area (Å²) in [5.41, 5.74) is -0.340. The Morgan fingerprint density at radius 3 is 2.22 bits per heavy atom. The molecule has 0 heterocycles. The first kappa shape index (κ1) is 14.0. The number of amides is 1. The summed E-state index contributed by atoms with van der Waals surface area (Å²) in [6.07, 6.45) is 0.248. The predicted molar refractivity (Wildman–Crippen MR) is 55.1 cm³/mol. The summed E-state index contributed by atoms with van der Waals surface area (Å²) in [5.74, 6) is -6.15. The van der Waals surface area contributed by atoms with Gasteiger partial charge in [-0.2, -0.15) is 0 Å². The molecule has 0 fully saturated rings. The zero-order valence-corrected chi connectivity index (χ0v) is 9.36. The molecule has 0 spiro atoms. The summed E-state index contributed by atoms with van der Waals surface area (Å²) < 4.78 is 38.8. The van der Waals surface area contributed by atoms with Gasteiger partial charge in [0, 0.05) is 6.54 Å². The molecule has 0 saturated carbocycles. The van der Waals surface area contributed by atoms with Gasteiger partial charge in [0.05, 0.1) is 0 Å². The van der Waals surface area contributed by atoms with Crippen molar-refractivity contribution >= 4 is 12.4 Å². The molecule has 4 nitrogen and oxygen atoms in total. The Kier molecular flexibility index (Phi) is 4.30. The minimum absolute atomic E-state index is 0.0289. The van der Waals surface area contributed by atoms with Crippen LogP contribution in [0.1, 0.15) is 18.5 Å². The molecule has 1 atom stereocenters. The Bertz CT molecular complexity index is 456. The fourth-order valence-electron chi connectivity index (χ4n) is 1.53. The van der Waals surface area contributed by atoms with E-state index < -0.39 is 29.5 Å². The third-order valence-corrected chi connectivity index (χ3v) is 2.39. The van der Waals surface area contributed by atoms with Gasteiger partial charge in [0.1, 0.15) is 0 Å². The topological polar surface area (TPSA) is 57.6 Å². The van der Waals surface area contributed by atoms with Crippen LogP contribution in [0.15, 0.2) is 12.1 Å². The van der Waals surface area contributed by atoms with Crippen LogP contribution < -0.4 is 0 Å². The van der Waals surface area contributed by atoms with Crippen molar-refractivity contribution in [2.24, 2.45) is 0 Å². The van der Waals surface area contributed by atoms with Gasteiger partial charge in [0.2, 0.25) is 6.41 Å². The van der Waals surface area contributed by atoms with Crippen molar-refractivity contribution in [3.8, 4) is 0 Å². The number of aliphatic carboxylic acids is 1. The van der Waals surface area contributed by atoms with Crippen molar-refractivity contribution in [2.75, 3.05) is 6.54 Å². The van der Waals surface area contributed by atoms with Crippen LogP contribution in [-0.2, 0) is 9.59 Å². The van der Waals surface area contributed by atoms with Gasteiger partial charge in [-0.05, 0) is 24.6 Å². The van der Waals surface area contributed by atoms with E-state index in [1.165, 1.54) is 6.92 Å². The number of carbonyl (C=O) groups excluding carboxylic acids is 1. The lowest BCUT2D eigenvalue weighted by Crippen LogP contribution is -2.33. The number of carboxylic acid groups (broad SMARTS) is 1. The first-order valence-electron chi connectivity index (χ1n) is 5.00. The Morgan fingerprint density at radius 1 is 1.39 bits per heavy atom. The van der Waals surface area contributed by atoms with Crippen LogP contribution in [0.25, 0.3) is 0 Å². The summed E-state index contributed by atoms with van der Waals surface area (Å²) >= 11 is 0. The molecule has 0 aliphatic carbocycles. The molecule has 0 bridgehead atoms. The van der Waals surface area contributed by atoms with E-state index in [2.05, 4.69) is 0 Å². The third kappa shape index (κ3) is 2.61. The van der Waals surface area contributed by atoms with Gasteiger partial charge in [-0.25, -0.2) is 18.0 Å². The molecule has 0 saturated heterocycles. The number of nitrogens with zero attached hydrogens (tertiary/aromatic N) is 1. The van der Waals surface area contributed by atoms with Crippen molar-refractivity contribution in [3.63, 3.8) is 0 Å². The molecule has 1 rings (SSSR count). The fourth-order valence-corrected chi connectivity index (χ4v) is 1.53. The Morgan fingerprint density at radius 2 is 1.89 bits per heavy atom. The van der Waals surface area contributed by atoms with Gasteiger partial charge in [0.15, 0.2) is 23.5 Å². The van der Waals surface area contributed by atoms with E-state index in [0.29, 0.717) is 12.1 Å². The van der Waals surface area contributed by atoms with Gasteiger partial charge in [-0.1, -0.05) is 0 Å². The zero-order valence-electron chi connectivity index (χ0n) is 9.36. The lowest BCUT2D eigenvalue weighted by Gasteiger charge is -2.23. The van der Waals surface area contributed by atoms with Crippen molar-refractivity contribution in [3.05, 3.63) is 35.1 Å². The van der Waals surface area contributed by atoms with Crippen molar-refractivity contribution in [1.29, 1.82) is 0 Å². The van der Waals surface area contributed by atoms with E-state index >= 15 is 0 Å². The molecule has 0 radical (unpaired) electrons. The molecule has 0 aromatic heterocycles. The summed E-state index contributed by atoms with van der Waals surface area (Å²) in [7, 11) is 0. The van der Waals surface area contributed by atoms with Crippen LogP contribution in [0.3, 0.4) is 0 Å². The van der Waals surface area contributed by atoms with E-state index in [0.717, 1.165) is 4.90 Å². The van der Waals surface area contributed by atoms with E-state index in [4.69, 9.17) is 5.11 Å². The lowest BCUT2D eigenvalue weighted by molar-refractivity contribution is -0.146. The van der Waals surface area contributed by atoms with Gasteiger partial charge < -0.3 is 10.0 Å². The van der Waals surface area contributed by atoms with E-state index in [1.54, 1.807) is 0 Å². The average molecular weight is 261 g/mol. The Labute approximate surface area is 101 Å². The maximum Gasteiger partial charge on any atom is 0.331 e. The summed E-state index contributed by atoms with van der Waals surface area (Å²) in [4.78, 5) is 22.5. The third-order valence-electron chi connectivity index (χ3n) is 2.39. The minimum Gasteiger partial charge on any atom is -0.479 e. The summed E-state index contributed by atoms with van der Waals surface area (Å²) in [6.45, 7) is 1.53. The molecule has 0 aliphatic heterocycles. The molecule has 1 N–H and O–H groups in total. The predicted octanol–water partition coefficient (Wildman–Crippen LogP) is 1.71. The molecule has 18 heavy (non-hydrogen) atoms. The minimum atomic E-state index is -1.68. The van der Waals surface area contributed by atoms with Gasteiger partial charge in [0.25, 0.3) is 0 Å². The summed E-state index contributed by atoms with van der Waals surface area (Å²) in [5, 5.41) is 8.97. The van der Waals surface area contributed by atoms with Crippen LogP contribution in [0.4, 0.5) is 13.2 Å². The molecule has 1 aromatic carbocycles. The molecule has 1 amide bonds. The summed E-state index contributed by atoms with van der Waals surface area (Å²) in [6, 6.07) is -0.440. The van der Waals surface area contributed by atoms with Crippen molar-refractivity contribution in [1.82, 2.24) is 4.90 Å². The lowest BCUT2D eigenvalue weighted by atomic mass is 10.1. The highest BCUT2D eigenvalue weighted by Crippen LogP contribution is 2.23. The van der Waals surface area contributed by atoms with Crippen LogP contribution in [0.2, 0.25) is 0 Å². The second-order valence-electron chi connectivity index (χ2n) is 3.48. The number of rotatable bonds is 5. The Hall–Kier alpha value is -2.05. The smallest absolute Gasteiger partial charge is 0.331 e.